The zero-order chi connectivity index (χ0) is 15.1. The molecule has 1 amide bonds. The maximum absolute atomic E-state index is 11.8. The van der Waals surface area contributed by atoms with Crippen LogP contribution >= 0.6 is 24.0 Å². The Bertz CT molecular complexity index is 636. The van der Waals surface area contributed by atoms with Gasteiger partial charge in [-0.15, -0.1) is 12.4 Å². The van der Waals surface area contributed by atoms with Crippen molar-refractivity contribution in [3.05, 3.63) is 64.9 Å². The van der Waals surface area contributed by atoms with Crippen LogP contribution in [0.5, 0.6) is 0 Å². The molecular formula is C15H14Cl2N2O3. The molecular weight excluding hydrogens is 327 g/mol. The molecule has 1 N–H and O–H groups in total. The monoisotopic (exact) mass is 340 g/mol. The lowest BCUT2D eigenvalue weighted by atomic mass is 10.2. The maximum atomic E-state index is 11.8. The number of nitrogens with one attached hydrogen (secondary N) is 1. The fraction of sp³-hybridized carbons (Fsp3) is 0.133. The number of halogens is 2. The van der Waals surface area contributed by atoms with Crippen LogP contribution in [0, 0.1) is 0 Å². The Hall–Kier alpha value is -2.11. The molecule has 0 fully saturated rings. The van der Waals surface area contributed by atoms with Crippen molar-refractivity contribution < 1.29 is 14.3 Å². The lowest BCUT2D eigenvalue weighted by molar-refractivity contribution is 0.0503. The van der Waals surface area contributed by atoms with E-state index in [2.05, 4.69) is 10.3 Å². The number of aromatic nitrogens is 1. The van der Waals surface area contributed by atoms with Gasteiger partial charge < -0.3 is 10.1 Å². The van der Waals surface area contributed by atoms with Crippen molar-refractivity contribution in [3.8, 4) is 0 Å². The predicted molar refractivity (Wildman–Crippen MR) is 85.6 cm³/mol. The molecule has 0 bridgehead atoms. The number of pyridine rings is 1. The quantitative estimate of drug-likeness (QED) is 0.671. The first-order valence-corrected chi connectivity index (χ1v) is 6.66. The summed E-state index contributed by atoms with van der Waals surface area (Å²) in [5.74, 6) is -0.784. The molecule has 0 aliphatic carbocycles. The largest absolute Gasteiger partial charge is 0.460 e. The van der Waals surface area contributed by atoms with E-state index in [4.69, 9.17) is 16.3 Å². The lowest BCUT2D eigenvalue weighted by Gasteiger charge is -2.07. The van der Waals surface area contributed by atoms with Crippen molar-refractivity contribution >= 4 is 35.9 Å². The zero-order valence-electron chi connectivity index (χ0n) is 11.5. The number of hydrogen-bond acceptors (Lipinski definition) is 4. The molecule has 0 saturated carbocycles. The van der Waals surface area contributed by atoms with Crippen LogP contribution in [0.3, 0.4) is 0 Å². The molecule has 0 radical (unpaired) electrons. The highest BCUT2D eigenvalue weighted by molar-refractivity contribution is 6.33. The minimum atomic E-state index is -0.517. The summed E-state index contributed by atoms with van der Waals surface area (Å²) in [7, 11) is 0. The molecule has 116 valence electrons. The first kappa shape index (κ1) is 17.9. The van der Waals surface area contributed by atoms with Crippen molar-refractivity contribution in [2.24, 2.45) is 0 Å². The fourth-order valence-corrected chi connectivity index (χ4v) is 1.82. The van der Waals surface area contributed by atoms with E-state index in [1.165, 1.54) is 6.20 Å². The van der Waals surface area contributed by atoms with Gasteiger partial charge in [0.2, 0.25) is 0 Å². The molecule has 22 heavy (non-hydrogen) atoms. The number of carbonyl (C=O) groups is 2. The summed E-state index contributed by atoms with van der Waals surface area (Å²) in [6.45, 7) is 0.278. The highest BCUT2D eigenvalue weighted by atomic mass is 35.5. The minimum absolute atomic E-state index is 0. The Kier molecular flexibility index (Phi) is 7.36. The number of nitrogens with zero attached hydrogens (tertiary/aromatic N) is 1. The van der Waals surface area contributed by atoms with E-state index in [1.807, 2.05) is 0 Å². The van der Waals surface area contributed by atoms with Crippen LogP contribution < -0.4 is 5.32 Å². The molecule has 0 spiro atoms. The molecule has 0 aliphatic heterocycles. The molecule has 2 aromatic rings. The fourth-order valence-electron chi connectivity index (χ4n) is 1.61. The van der Waals surface area contributed by atoms with E-state index in [0.29, 0.717) is 16.1 Å². The van der Waals surface area contributed by atoms with Crippen molar-refractivity contribution in [2.75, 3.05) is 13.2 Å². The SMILES string of the molecule is Cl.O=C(NCCOC(=O)c1ccccc1Cl)c1cccnc1. The average molecular weight is 341 g/mol. The van der Waals surface area contributed by atoms with Gasteiger partial charge in [0.05, 0.1) is 22.7 Å². The van der Waals surface area contributed by atoms with Crippen LogP contribution in [0.25, 0.3) is 0 Å². The highest BCUT2D eigenvalue weighted by Crippen LogP contribution is 2.15. The molecule has 0 aliphatic rings. The van der Waals surface area contributed by atoms with Gasteiger partial charge in [-0.3, -0.25) is 9.78 Å². The predicted octanol–water partition coefficient (Wildman–Crippen LogP) is 2.74. The number of esters is 1. The highest BCUT2D eigenvalue weighted by Gasteiger charge is 2.11. The Balaban J connectivity index is 0.00000242. The van der Waals surface area contributed by atoms with Crippen LogP contribution in [-0.2, 0) is 4.74 Å². The maximum Gasteiger partial charge on any atom is 0.339 e. The van der Waals surface area contributed by atoms with Crippen molar-refractivity contribution in [2.45, 2.75) is 0 Å². The Morgan fingerprint density at radius 3 is 2.64 bits per heavy atom. The third-order valence-corrected chi connectivity index (χ3v) is 2.97. The zero-order valence-corrected chi connectivity index (χ0v) is 13.1. The average Bonchev–Trinajstić information content (AvgIpc) is 2.52. The summed E-state index contributed by atoms with van der Waals surface area (Å²) in [4.78, 5) is 27.3. The number of benzene rings is 1. The molecule has 1 aromatic carbocycles. The first-order valence-electron chi connectivity index (χ1n) is 6.28. The number of rotatable bonds is 5. The van der Waals surface area contributed by atoms with Gasteiger partial charge in [-0.1, -0.05) is 23.7 Å². The molecule has 2 rings (SSSR count). The molecule has 0 saturated heterocycles. The Morgan fingerprint density at radius 1 is 1.18 bits per heavy atom. The first-order chi connectivity index (χ1) is 10.2. The van der Waals surface area contributed by atoms with E-state index in [9.17, 15) is 9.59 Å². The number of ether oxygens (including phenoxy) is 1. The molecule has 1 aromatic heterocycles. The van der Waals surface area contributed by atoms with Gasteiger partial charge in [-0.25, -0.2) is 4.79 Å². The van der Waals surface area contributed by atoms with Crippen LogP contribution in [0.4, 0.5) is 0 Å². The lowest BCUT2D eigenvalue weighted by Crippen LogP contribution is -2.28. The van der Waals surface area contributed by atoms with E-state index < -0.39 is 5.97 Å². The second-order valence-electron chi connectivity index (χ2n) is 4.11. The standard InChI is InChI=1S/C15H13ClN2O3.ClH/c16-13-6-2-1-5-12(13)15(20)21-9-8-18-14(19)11-4-3-7-17-10-11;/h1-7,10H,8-9H2,(H,18,19);1H. The van der Waals surface area contributed by atoms with Gasteiger partial charge in [-0.2, -0.15) is 0 Å². The van der Waals surface area contributed by atoms with Crippen molar-refractivity contribution in [3.63, 3.8) is 0 Å². The molecule has 1 heterocycles. The van der Waals surface area contributed by atoms with Gasteiger partial charge in [0.1, 0.15) is 6.61 Å². The third kappa shape index (κ3) is 5.02. The summed E-state index contributed by atoms with van der Waals surface area (Å²) in [6, 6.07) is 9.95. The van der Waals surface area contributed by atoms with Gasteiger partial charge in [0.25, 0.3) is 5.91 Å². The van der Waals surface area contributed by atoms with Gasteiger partial charge in [0.15, 0.2) is 0 Å². The van der Waals surface area contributed by atoms with E-state index in [0.717, 1.165) is 0 Å². The molecule has 0 unspecified atom stereocenters. The summed E-state index contributed by atoms with van der Waals surface area (Å²) in [5, 5.41) is 2.97. The van der Waals surface area contributed by atoms with Crippen LogP contribution in [0.15, 0.2) is 48.8 Å². The smallest absolute Gasteiger partial charge is 0.339 e. The summed E-state index contributed by atoms with van der Waals surface area (Å²) in [6.07, 6.45) is 3.05. The van der Waals surface area contributed by atoms with Crippen molar-refractivity contribution in [1.82, 2.24) is 10.3 Å². The molecule has 5 nitrogen and oxygen atoms in total. The van der Waals surface area contributed by atoms with Crippen LogP contribution in [-0.4, -0.2) is 30.0 Å². The molecule has 0 atom stereocenters. The van der Waals surface area contributed by atoms with Crippen LogP contribution in [0.1, 0.15) is 20.7 Å². The third-order valence-electron chi connectivity index (χ3n) is 2.64. The normalized spacial score (nSPS) is 9.50. The van der Waals surface area contributed by atoms with Crippen molar-refractivity contribution in [1.29, 1.82) is 0 Å². The minimum Gasteiger partial charge on any atom is -0.460 e. The van der Waals surface area contributed by atoms with Gasteiger partial charge in [0, 0.05) is 12.4 Å². The van der Waals surface area contributed by atoms with E-state index in [1.54, 1.807) is 42.6 Å². The van der Waals surface area contributed by atoms with Gasteiger partial charge >= 0.3 is 5.97 Å². The Morgan fingerprint density at radius 2 is 1.95 bits per heavy atom. The van der Waals surface area contributed by atoms with E-state index >= 15 is 0 Å². The summed E-state index contributed by atoms with van der Waals surface area (Å²) < 4.78 is 5.04. The molecule has 7 heteroatoms. The number of hydrogen-bond donors (Lipinski definition) is 1. The van der Waals surface area contributed by atoms with E-state index in [-0.39, 0.29) is 31.5 Å². The topological polar surface area (TPSA) is 68.3 Å². The second kappa shape index (κ2) is 9.02. The van der Waals surface area contributed by atoms with Crippen LogP contribution in [0.2, 0.25) is 5.02 Å². The second-order valence-corrected chi connectivity index (χ2v) is 4.52. The number of carbonyl (C=O) groups excluding carboxylic acids is 2. The summed E-state index contributed by atoms with van der Waals surface area (Å²) >= 11 is 5.88. The Labute approximate surface area is 139 Å². The number of amides is 1. The van der Waals surface area contributed by atoms with Gasteiger partial charge in [-0.05, 0) is 24.3 Å². The summed E-state index contributed by atoms with van der Waals surface area (Å²) in [5.41, 5.74) is 0.757.